The quantitative estimate of drug-likeness (QED) is 0.170. The number of hydrogen-bond donors (Lipinski definition) is 0. The molecule has 3 aromatic rings. The van der Waals surface area contributed by atoms with Crippen LogP contribution in [-0.2, 0) is 159 Å². The average Bonchev–Trinajstić information content (AvgIpc) is 0.803. The third-order valence-electron chi connectivity index (χ3n) is 16.8. The molecule has 0 aliphatic rings. The fourth-order valence-electron chi connectivity index (χ4n) is 8.89. The maximum Gasteiger partial charge on any atom is 2.00 e. The van der Waals surface area contributed by atoms with Crippen molar-refractivity contribution in [1.29, 1.82) is 0 Å². The zero-order chi connectivity index (χ0) is 92.9. The number of rotatable bonds is 6. The van der Waals surface area contributed by atoms with Crippen LogP contribution in [0, 0.1) is 141 Å². The maximum atomic E-state index is 5.94. The van der Waals surface area contributed by atoms with Crippen LogP contribution in [-0.4, -0.2) is 0 Å². The summed E-state index contributed by atoms with van der Waals surface area (Å²) in [6.45, 7) is 151. The monoisotopic (exact) mass is 2660 g/mol. The molecule has 0 heterocycles. The molecule has 3 rings (SSSR count). The second-order valence-corrected chi connectivity index (χ2v) is 49.6. The molecule has 0 amide bonds. The van der Waals surface area contributed by atoms with Crippen LogP contribution in [0.1, 0.15) is 407 Å². The van der Waals surface area contributed by atoms with Gasteiger partial charge < -0.3 is 146 Å². The van der Waals surface area contributed by atoms with Gasteiger partial charge in [0, 0.05) is 0 Å². The van der Waals surface area contributed by atoms with E-state index in [1.165, 1.54) is 33.4 Å². The van der Waals surface area contributed by atoms with Crippen LogP contribution < -0.4 is 0 Å². The number of benzene rings is 3. The Morgan fingerprint density at radius 3 is 0.575 bits per heavy atom. The van der Waals surface area contributed by atoms with Gasteiger partial charge in [0.25, 0.3) is 0 Å². The predicted octanol–water partition coefficient (Wildman–Crippen LogP) is 35.6. The molecule has 0 radical (unpaired) electrons. The Hall–Kier alpha value is -1.33. The minimum Gasteiger partial charge on any atom is -0.394 e. The molecule has 0 aliphatic carbocycles. The van der Waals surface area contributed by atoms with Gasteiger partial charge in [-0.2, -0.15) is 0 Å². The summed E-state index contributed by atoms with van der Waals surface area (Å²) in [6, 6.07) is 26.7. The van der Waals surface area contributed by atoms with Crippen molar-refractivity contribution in [3.05, 3.63) is 252 Å². The summed E-state index contributed by atoms with van der Waals surface area (Å²) in [5, 5.41) is 0. The van der Waals surface area contributed by atoms with Crippen molar-refractivity contribution in [2.24, 2.45) is 65.0 Å². The van der Waals surface area contributed by atoms with Crippen molar-refractivity contribution in [2.45, 2.75) is 406 Å². The van der Waals surface area contributed by atoms with Crippen LogP contribution in [0.15, 0.2) is 143 Å². The summed E-state index contributed by atoms with van der Waals surface area (Å²) in [5.41, 5.74) is 16.5. The van der Waals surface area contributed by atoms with E-state index in [-0.39, 0.29) is 224 Å². The molecule has 3 aromatic carbocycles. The van der Waals surface area contributed by atoms with E-state index in [9.17, 15) is 0 Å². The molecule has 0 spiro atoms. The third-order valence-corrected chi connectivity index (χ3v) is 16.8. The Labute approximate surface area is 841 Å². The molecule has 0 nitrogen and oxygen atoms in total. The first kappa shape index (κ1) is 144. The van der Waals surface area contributed by atoms with Crippen molar-refractivity contribution >= 4 is 0 Å². The molecular weight excluding hydrogens is 2470 g/mol. The summed E-state index contributed by atoms with van der Waals surface area (Å²) in [7, 11) is 0. The van der Waals surface area contributed by atoms with E-state index in [1.807, 2.05) is 24.3 Å². The molecule has 678 valence electrons. The van der Waals surface area contributed by atoms with Crippen LogP contribution in [0.3, 0.4) is 0 Å². The molecular formula is C114H186W6. The van der Waals surface area contributed by atoms with Gasteiger partial charge in [-0.15, -0.1) is 65.0 Å². The van der Waals surface area contributed by atoms with Gasteiger partial charge >= 0.3 is 126 Å². The van der Waals surface area contributed by atoms with Crippen molar-refractivity contribution in [2.75, 3.05) is 0 Å². The Kier molecular flexibility index (Phi) is 69.4. The van der Waals surface area contributed by atoms with Crippen LogP contribution >= 0.6 is 0 Å². The molecule has 0 fully saturated rings. The molecule has 0 saturated heterocycles. The summed E-state index contributed by atoms with van der Waals surface area (Å²) >= 11 is 0. The normalized spacial score (nSPS) is 13.0. The summed E-state index contributed by atoms with van der Waals surface area (Å²) < 4.78 is 0. The van der Waals surface area contributed by atoms with Gasteiger partial charge in [-0.05, 0) is 65.9 Å². The van der Waals surface area contributed by atoms with Gasteiger partial charge in [-0.1, -0.05) is 447 Å². The van der Waals surface area contributed by atoms with E-state index >= 15 is 0 Å². The molecule has 0 aliphatic heterocycles. The van der Waals surface area contributed by atoms with E-state index in [0.29, 0.717) is 0 Å². The Morgan fingerprint density at radius 1 is 0.233 bits per heavy atom. The first-order chi connectivity index (χ1) is 49.5. The predicted molar refractivity (Wildman–Crippen MR) is 519 cm³/mol. The van der Waals surface area contributed by atoms with Crippen molar-refractivity contribution in [3.63, 3.8) is 0 Å². The molecule has 6 heteroatoms. The van der Waals surface area contributed by atoms with Crippen molar-refractivity contribution in [1.82, 2.24) is 0 Å². The molecule has 0 N–H and O–H groups in total. The van der Waals surface area contributed by atoms with Gasteiger partial charge in [0.15, 0.2) is 0 Å². The molecule has 0 unspecified atom stereocenters. The zero-order valence-corrected chi connectivity index (χ0v) is 106. The Bertz CT molecular complexity index is 3300. The van der Waals surface area contributed by atoms with E-state index in [2.05, 4.69) is 483 Å². The summed E-state index contributed by atoms with van der Waals surface area (Å²) in [6.07, 6.45) is 30.8. The zero-order valence-electron chi connectivity index (χ0n) is 88.3. The van der Waals surface area contributed by atoms with Crippen LogP contribution in [0.25, 0.3) is 0 Å². The second-order valence-electron chi connectivity index (χ2n) is 49.6. The molecule has 0 saturated carbocycles. The van der Waals surface area contributed by atoms with E-state index in [0.717, 1.165) is 33.4 Å². The fourth-order valence-corrected chi connectivity index (χ4v) is 8.89. The maximum absolute atomic E-state index is 5.94. The van der Waals surface area contributed by atoms with E-state index < -0.39 is 0 Å². The minimum atomic E-state index is -0.0304. The third kappa shape index (κ3) is 78.9. The molecule has 0 bridgehead atoms. The fraction of sp³-hybridized carbons (Fsp3) is 0.632. The SMILES string of the molecule is CC(C)(C)[C-]=CC=[C-]C(C)(C)C.CC(C)(C)c1ccc(C(C)(C)C)cc1.CC(C)(C)c1cccc(C(C)(C)C)c1.CC(C)(C)c1ccccc1C(C)(C)C.[CH-]=C(C(=[CH-])C(C)(C)C)C(C)(C)C.[CH-]=C(C=[C-]C(C)(C)C)C(C)(C)C.[CH-]=C(C=[C-]C(C)(C)C)C(C)(C)C.[CH-]=CC(=[C-]C(C)(C)C)C(C)(C)C.[CH-]=CC(=[C-]C(C)(C)C)C(C)(C)C.[W+2].[W+2].[W+2].[W+2].[W+2].[W+2]. The largest absolute Gasteiger partial charge is 2.00 e. The first-order valence-electron chi connectivity index (χ1n) is 42.2. The topological polar surface area (TPSA) is 0 Å². The van der Waals surface area contributed by atoms with Gasteiger partial charge in [-0.3, -0.25) is 0 Å². The van der Waals surface area contributed by atoms with Gasteiger partial charge in [-0.25, -0.2) is 0 Å². The smallest absolute Gasteiger partial charge is 0.394 e. The first-order valence-corrected chi connectivity index (χ1v) is 42.2. The van der Waals surface area contributed by atoms with Crippen LogP contribution in [0.5, 0.6) is 0 Å². The second kappa shape index (κ2) is 57.7. The molecule has 0 aromatic heterocycles. The standard InChI is InChI=1S/3C14H22.6C12H20.6W/c1-13(2,3)11-7-9-12(10-8-11)14(4,5)6;1-13(2,3)11-8-7-9-12(10-11)14(4,5)6;1-13(2,3)11-9-7-8-10-12(11)14(4,5)6;2*1-10(12(5,6)7)8-9-11(2,3)4;1-9(11(3,4)5)10(2)12(6,7)8;1-11(2,3)9-7-8-10-12(4,5)6;2*1-8-10(12(5,6)7)9-11(2,3)4;;;;;;/h3*7-10H,1-6H3;2*1,8H,2-7H3;1-2H,3-8H3;7-8H,1-6H3;2*1,8H,2-7H3;;;;;;/q;;;6*-2;6*+2. The summed E-state index contributed by atoms with van der Waals surface area (Å²) in [4.78, 5) is 0. The average molecular weight is 2660 g/mol. The summed E-state index contributed by atoms with van der Waals surface area (Å²) in [5.74, 6) is 0. The number of allylic oxidation sites excluding steroid dienone is 18. The van der Waals surface area contributed by atoms with Crippen LogP contribution in [0.4, 0.5) is 0 Å². The van der Waals surface area contributed by atoms with Gasteiger partial charge in [0.05, 0.1) is 0 Å². The van der Waals surface area contributed by atoms with Gasteiger partial charge in [0.1, 0.15) is 0 Å². The minimum absolute atomic E-state index is 0. The van der Waals surface area contributed by atoms with Crippen molar-refractivity contribution < 1.29 is 126 Å². The van der Waals surface area contributed by atoms with Crippen LogP contribution in [0.2, 0.25) is 0 Å². The molecule has 120 heavy (non-hydrogen) atoms. The van der Waals surface area contributed by atoms with Gasteiger partial charge in [0.2, 0.25) is 0 Å². The molecule has 0 atom stereocenters. The van der Waals surface area contributed by atoms with Crippen molar-refractivity contribution in [3.8, 4) is 0 Å². The van der Waals surface area contributed by atoms with E-state index in [1.54, 1.807) is 12.2 Å². The van der Waals surface area contributed by atoms with E-state index in [4.69, 9.17) is 39.5 Å². The number of hydrogen-bond acceptors (Lipinski definition) is 0. The Balaban J connectivity index is -0.000000109. The Morgan fingerprint density at radius 2 is 0.442 bits per heavy atom.